The van der Waals surface area contributed by atoms with Crippen molar-refractivity contribution in [2.45, 2.75) is 32.9 Å². The van der Waals surface area contributed by atoms with E-state index in [0.717, 1.165) is 11.6 Å². The second kappa shape index (κ2) is 4.87. The number of nitrogens with two attached hydrogens (primary N) is 1. The lowest BCUT2D eigenvalue weighted by Gasteiger charge is -2.33. The van der Waals surface area contributed by atoms with E-state index in [9.17, 15) is 0 Å². The van der Waals surface area contributed by atoms with Crippen molar-refractivity contribution >= 4 is 11.3 Å². The fourth-order valence-electron chi connectivity index (χ4n) is 1.13. The van der Waals surface area contributed by atoms with Gasteiger partial charge >= 0.3 is 0 Å². The molecule has 0 fully saturated rings. The van der Waals surface area contributed by atoms with Crippen molar-refractivity contribution in [1.29, 1.82) is 0 Å². The first-order valence-electron chi connectivity index (χ1n) is 4.92. The van der Waals surface area contributed by atoms with Crippen LogP contribution in [0.1, 0.15) is 25.8 Å². The van der Waals surface area contributed by atoms with Gasteiger partial charge in [-0.1, -0.05) is 13.8 Å². The highest BCUT2D eigenvalue weighted by atomic mass is 32.1. The van der Waals surface area contributed by atoms with Crippen LogP contribution in [0.15, 0.2) is 11.6 Å². The largest absolute Gasteiger partial charge is 0.329 e. The number of hydrogen-bond donors (Lipinski definition) is 2. The van der Waals surface area contributed by atoms with Crippen LogP contribution in [0.2, 0.25) is 0 Å². The highest BCUT2D eigenvalue weighted by Crippen LogP contribution is 2.16. The topological polar surface area (TPSA) is 50.9 Å². The van der Waals surface area contributed by atoms with Gasteiger partial charge in [0.1, 0.15) is 5.01 Å². The summed E-state index contributed by atoms with van der Waals surface area (Å²) in [6.45, 7) is 7.98. The van der Waals surface area contributed by atoms with Crippen molar-refractivity contribution in [1.82, 2.24) is 10.3 Å². The van der Waals surface area contributed by atoms with Crippen LogP contribution in [0.5, 0.6) is 0 Å². The molecular weight excluding hydrogens is 194 g/mol. The van der Waals surface area contributed by atoms with E-state index >= 15 is 0 Å². The normalized spacial score (nSPS) is 15.8. The highest BCUT2D eigenvalue weighted by Gasteiger charge is 2.25. The first kappa shape index (κ1) is 11.6. The van der Waals surface area contributed by atoms with E-state index in [4.69, 9.17) is 5.73 Å². The summed E-state index contributed by atoms with van der Waals surface area (Å²) < 4.78 is 0. The molecule has 0 aromatic carbocycles. The van der Waals surface area contributed by atoms with E-state index < -0.39 is 0 Å². The van der Waals surface area contributed by atoms with Gasteiger partial charge in [0.25, 0.3) is 0 Å². The molecule has 0 bridgehead atoms. The molecule has 14 heavy (non-hydrogen) atoms. The van der Waals surface area contributed by atoms with Gasteiger partial charge < -0.3 is 11.1 Å². The Morgan fingerprint density at radius 3 is 2.79 bits per heavy atom. The van der Waals surface area contributed by atoms with Gasteiger partial charge in [-0.05, 0) is 12.8 Å². The lowest BCUT2D eigenvalue weighted by Crippen LogP contribution is -2.52. The second-order valence-electron chi connectivity index (χ2n) is 4.06. The lowest BCUT2D eigenvalue weighted by atomic mass is 9.88. The van der Waals surface area contributed by atoms with Gasteiger partial charge in [0.2, 0.25) is 0 Å². The number of aromatic nitrogens is 1. The maximum atomic E-state index is 5.77. The molecule has 0 spiro atoms. The van der Waals surface area contributed by atoms with Crippen LogP contribution in [0.4, 0.5) is 0 Å². The standard InChI is InChI=1S/C10H19N3S/c1-8(2)10(3,7-11)13-6-9-12-4-5-14-9/h4-5,8,13H,6-7,11H2,1-3H3. The molecule has 1 aromatic rings. The molecular formula is C10H19N3S. The lowest BCUT2D eigenvalue weighted by molar-refractivity contribution is 0.267. The maximum Gasteiger partial charge on any atom is 0.106 e. The minimum Gasteiger partial charge on any atom is -0.329 e. The summed E-state index contributed by atoms with van der Waals surface area (Å²) in [5.41, 5.74) is 5.77. The molecule has 0 amide bonds. The molecule has 1 aromatic heterocycles. The first-order chi connectivity index (χ1) is 6.58. The molecule has 0 radical (unpaired) electrons. The SMILES string of the molecule is CC(C)C(C)(CN)NCc1nccs1. The summed E-state index contributed by atoms with van der Waals surface area (Å²) in [7, 11) is 0. The summed E-state index contributed by atoms with van der Waals surface area (Å²) in [6, 6.07) is 0. The maximum absolute atomic E-state index is 5.77. The van der Waals surface area contributed by atoms with Crippen LogP contribution < -0.4 is 11.1 Å². The molecule has 0 saturated carbocycles. The van der Waals surface area contributed by atoms with Crippen molar-refractivity contribution in [2.75, 3.05) is 6.54 Å². The third-order valence-electron chi connectivity index (χ3n) is 2.83. The van der Waals surface area contributed by atoms with Gasteiger partial charge in [0, 0.05) is 30.2 Å². The predicted octanol–water partition coefficient (Wildman–Crippen LogP) is 1.61. The molecule has 3 nitrogen and oxygen atoms in total. The fraction of sp³-hybridized carbons (Fsp3) is 0.700. The predicted molar refractivity (Wildman–Crippen MR) is 61.3 cm³/mol. The van der Waals surface area contributed by atoms with E-state index in [1.165, 1.54) is 0 Å². The Labute approximate surface area is 89.7 Å². The number of rotatable bonds is 5. The van der Waals surface area contributed by atoms with Gasteiger partial charge in [-0.15, -0.1) is 11.3 Å². The zero-order chi connectivity index (χ0) is 10.6. The number of thiazole rings is 1. The first-order valence-corrected chi connectivity index (χ1v) is 5.80. The Bertz CT molecular complexity index is 258. The minimum atomic E-state index is 0.00562. The van der Waals surface area contributed by atoms with E-state index in [-0.39, 0.29) is 5.54 Å². The van der Waals surface area contributed by atoms with E-state index in [1.54, 1.807) is 11.3 Å². The molecule has 1 atom stereocenters. The van der Waals surface area contributed by atoms with E-state index in [0.29, 0.717) is 12.5 Å². The van der Waals surface area contributed by atoms with Crippen molar-refractivity contribution in [3.63, 3.8) is 0 Å². The van der Waals surface area contributed by atoms with Crippen molar-refractivity contribution < 1.29 is 0 Å². The summed E-state index contributed by atoms with van der Waals surface area (Å²) in [5, 5.41) is 6.58. The minimum absolute atomic E-state index is 0.00562. The van der Waals surface area contributed by atoms with Crippen LogP contribution in [0.25, 0.3) is 0 Å². The molecule has 4 heteroatoms. The van der Waals surface area contributed by atoms with Gasteiger partial charge in [-0.25, -0.2) is 4.98 Å². The average molecular weight is 213 g/mol. The van der Waals surface area contributed by atoms with Crippen LogP contribution in [-0.4, -0.2) is 17.1 Å². The Balaban J connectivity index is 2.50. The zero-order valence-electron chi connectivity index (χ0n) is 9.08. The number of nitrogens with one attached hydrogen (secondary N) is 1. The van der Waals surface area contributed by atoms with Crippen molar-refractivity contribution in [3.05, 3.63) is 16.6 Å². The Morgan fingerprint density at radius 2 is 2.36 bits per heavy atom. The number of hydrogen-bond acceptors (Lipinski definition) is 4. The smallest absolute Gasteiger partial charge is 0.106 e. The molecule has 0 aliphatic heterocycles. The third-order valence-corrected chi connectivity index (χ3v) is 3.60. The molecule has 80 valence electrons. The Hall–Kier alpha value is -0.450. The molecule has 0 aliphatic rings. The summed E-state index contributed by atoms with van der Waals surface area (Å²) >= 11 is 1.67. The van der Waals surface area contributed by atoms with Crippen LogP contribution >= 0.6 is 11.3 Å². The molecule has 0 saturated heterocycles. The fourth-order valence-corrected chi connectivity index (χ4v) is 1.69. The van der Waals surface area contributed by atoms with Crippen LogP contribution in [0.3, 0.4) is 0 Å². The molecule has 1 heterocycles. The second-order valence-corrected chi connectivity index (χ2v) is 5.03. The zero-order valence-corrected chi connectivity index (χ0v) is 9.90. The van der Waals surface area contributed by atoms with Crippen LogP contribution in [-0.2, 0) is 6.54 Å². The monoisotopic (exact) mass is 213 g/mol. The Morgan fingerprint density at radius 1 is 1.64 bits per heavy atom. The van der Waals surface area contributed by atoms with E-state index in [2.05, 4.69) is 31.1 Å². The molecule has 1 unspecified atom stereocenters. The van der Waals surface area contributed by atoms with Crippen LogP contribution in [0, 0.1) is 5.92 Å². The molecule has 3 N–H and O–H groups in total. The summed E-state index contributed by atoms with van der Waals surface area (Å²) in [6.07, 6.45) is 1.83. The highest BCUT2D eigenvalue weighted by molar-refractivity contribution is 7.09. The molecule has 1 rings (SSSR count). The Kier molecular flexibility index (Phi) is 4.04. The molecule has 0 aliphatic carbocycles. The van der Waals surface area contributed by atoms with Crippen molar-refractivity contribution in [2.24, 2.45) is 11.7 Å². The van der Waals surface area contributed by atoms with Crippen molar-refractivity contribution in [3.8, 4) is 0 Å². The van der Waals surface area contributed by atoms with Gasteiger partial charge in [-0.2, -0.15) is 0 Å². The quantitative estimate of drug-likeness (QED) is 0.781. The summed E-state index contributed by atoms with van der Waals surface area (Å²) in [5.74, 6) is 0.521. The van der Waals surface area contributed by atoms with Gasteiger partial charge in [0.05, 0.1) is 0 Å². The van der Waals surface area contributed by atoms with Gasteiger partial charge in [-0.3, -0.25) is 0 Å². The van der Waals surface area contributed by atoms with E-state index in [1.807, 2.05) is 11.6 Å². The average Bonchev–Trinajstić information content (AvgIpc) is 2.66. The third kappa shape index (κ3) is 2.77. The van der Waals surface area contributed by atoms with Gasteiger partial charge in [0.15, 0.2) is 0 Å². The number of nitrogens with zero attached hydrogens (tertiary/aromatic N) is 1. The summed E-state index contributed by atoms with van der Waals surface area (Å²) in [4.78, 5) is 4.23.